The standard InChI is InChI=1S/C9H11BrN2O/c10-8-5-9(7-11-6-8)12-1-3-13-4-2-12/h5-7H,1-4H2/i1D2,2D2,3D2,4D2. The van der Waals surface area contributed by atoms with Gasteiger partial charge in [-0.05, 0) is 22.0 Å². The summed E-state index contributed by atoms with van der Waals surface area (Å²) in [6, 6.07) is 1.32. The number of nitrogens with zero attached hydrogens (tertiary/aromatic N) is 2. The molecule has 0 N–H and O–H groups in total. The number of halogens is 1. The van der Waals surface area contributed by atoms with Crippen molar-refractivity contribution in [3.05, 3.63) is 22.9 Å². The highest BCUT2D eigenvalue weighted by molar-refractivity contribution is 9.10. The van der Waals surface area contributed by atoms with Crippen LogP contribution in [0.1, 0.15) is 11.0 Å². The molecule has 0 radical (unpaired) electrons. The number of hydrogen-bond donors (Lipinski definition) is 0. The summed E-state index contributed by atoms with van der Waals surface area (Å²) < 4.78 is 66.6. The first kappa shape index (κ1) is 3.51. The number of hydrogen-bond acceptors (Lipinski definition) is 3. The van der Waals surface area contributed by atoms with Crippen LogP contribution in [0.4, 0.5) is 5.69 Å². The zero-order chi connectivity index (χ0) is 16.3. The van der Waals surface area contributed by atoms with E-state index in [4.69, 9.17) is 11.0 Å². The van der Waals surface area contributed by atoms with E-state index in [-0.39, 0.29) is 5.69 Å². The molecule has 0 unspecified atom stereocenters. The maximum atomic E-state index is 7.87. The van der Waals surface area contributed by atoms with Gasteiger partial charge in [-0.3, -0.25) is 4.98 Å². The van der Waals surface area contributed by atoms with Gasteiger partial charge in [0.2, 0.25) is 0 Å². The topological polar surface area (TPSA) is 25.4 Å². The maximum absolute atomic E-state index is 7.87. The van der Waals surface area contributed by atoms with Gasteiger partial charge in [0, 0.05) is 23.7 Å². The van der Waals surface area contributed by atoms with Crippen molar-refractivity contribution in [2.24, 2.45) is 0 Å². The van der Waals surface area contributed by atoms with Crippen LogP contribution in [-0.4, -0.2) is 31.1 Å². The molecule has 3 nitrogen and oxygen atoms in total. The molecule has 70 valence electrons. The Balaban J connectivity index is 2.67. The SMILES string of the molecule is [2H]C1([2H])OC([2H])([2H])C([2H])([2H])N(c2cncc(Br)c2)C1([2H])[2H]. The van der Waals surface area contributed by atoms with E-state index in [0.29, 0.717) is 9.37 Å². The van der Waals surface area contributed by atoms with E-state index in [0.717, 1.165) is 6.20 Å². The highest BCUT2D eigenvalue weighted by Gasteiger charge is 2.10. The van der Waals surface area contributed by atoms with Crippen LogP contribution < -0.4 is 4.90 Å². The largest absolute Gasteiger partial charge is 0.378 e. The van der Waals surface area contributed by atoms with Crippen molar-refractivity contribution >= 4 is 21.6 Å². The molecule has 1 aromatic rings. The maximum Gasteiger partial charge on any atom is 0.0642 e. The number of ether oxygens (including phenoxy) is 1. The fourth-order valence-electron chi connectivity index (χ4n) is 0.842. The lowest BCUT2D eigenvalue weighted by atomic mass is 10.3. The van der Waals surface area contributed by atoms with Crippen LogP contribution in [0.3, 0.4) is 0 Å². The normalized spacial score (nSPS) is 42.1. The lowest BCUT2D eigenvalue weighted by Gasteiger charge is -2.28. The highest BCUT2D eigenvalue weighted by Crippen LogP contribution is 2.18. The molecule has 0 atom stereocenters. The summed E-state index contributed by atoms with van der Waals surface area (Å²) in [7, 11) is 0. The van der Waals surface area contributed by atoms with Crippen LogP contribution in [0.2, 0.25) is 0 Å². The third kappa shape index (κ3) is 2.19. The van der Waals surface area contributed by atoms with Crippen molar-refractivity contribution in [2.45, 2.75) is 0 Å². The van der Waals surface area contributed by atoms with Crippen molar-refractivity contribution in [1.82, 2.24) is 4.98 Å². The van der Waals surface area contributed by atoms with Gasteiger partial charge in [0.05, 0.1) is 36.0 Å². The summed E-state index contributed by atoms with van der Waals surface area (Å²) in [5.74, 6) is 0. The molecule has 1 aliphatic heterocycles. The zero-order valence-corrected chi connectivity index (χ0v) is 8.00. The average Bonchev–Trinajstić information content (AvgIpc) is 2.24. The number of anilines is 1. The molecule has 1 aromatic heterocycles. The summed E-state index contributed by atoms with van der Waals surface area (Å²) >= 11 is 3.11. The van der Waals surface area contributed by atoms with Crippen LogP contribution in [0.15, 0.2) is 22.9 Å². The summed E-state index contributed by atoms with van der Waals surface area (Å²) in [4.78, 5) is 4.15. The molecule has 0 aliphatic carbocycles. The quantitative estimate of drug-likeness (QED) is 0.759. The molecular formula is C9H11BrN2O. The molecule has 0 bridgehead atoms. The summed E-state index contributed by atoms with van der Waals surface area (Å²) in [5, 5.41) is 0. The number of aromatic nitrogens is 1. The Kier molecular flexibility index (Phi) is 1.10. The predicted octanol–water partition coefficient (Wildman–Crippen LogP) is 1.68. The fourth-order valence-corrected chi connectivity index (χ4v) is 1.20. The summed E-state index contributed by atoms with van der Waals surface area (Å²) in [6.45, 7) is -12.0. The second kappa shape index (κ2) is 4.07. The number of morpholine rings is 1. The summed E-state index contributed by atoms with van der Waals surface area (Å²) in [5.41, 5.74) is -0.115. The second-order valence-corrected chi connectivity index (χ2v) is 3.14. The van der Waals surface area contributed by atoms with Gasteiger partial charge in [0.25, 0.3) is 0 Å². The molecule has 0 aromatic carbocycles. The number of pyridine rings is 1. The van der Waals surface area contributed by atoms with Gasteiger partial charge in [-0.25, -0.2) is 0 Å². The minimum absolute atomic E-state index is 0.115. The van der Waals surface area contributed by atoms with Gasteiger partial charge in [-0.15, -0.1) is 0 Å². The molecule has 0 saturated carbocycles. The molecule has 2 heterocycles. The summed E-state index contributed by atoms with van der Waals surface area (Å²) in [6.07, 6.45) is 2.51. The molecule has 2 rings (SSSR count). The van der Waals surface area contributed by atoms with E-state index in [9.17, 15) is 0 Å². The number of rotatable bonds is 1. The lowest BCUT2D eigenvalue weighted by molar-refractivity contribution is 0.122. The van der Waals surface area contributed by atoms with Crippen LogP contribution in [0.5, 0.6) is 0 Å². The van der Waals surface area contributed by atoms with E-state index >= 15 is 0 Å². The van der Waals surface area contributed by atoms with Gasteiger partial charge in [-0.2, -0.15) is 0 Å². The Morgan fingerprint density at radius 2 is 2.23 bits per heavy atom. The van der Waals surface area contributed by atoms with Crippen LogP contribution in [0, 0.1) is 0 Å². The first-order valence-electron chi connectivity index (χ1n) is 7.44. The highest BCUT2D eigenvalue weighted by atomic mass is 79.9. The Bertz CT molecular complexity index is 540. The van der Waals surface area contributed by atoms with Crippen LogP contribution in [-0.2, 0) is 4.74 Å². The van der Waals surface area contributed by atoms with Crippen LogP contribution in [0.25, 0.3) is 0 Å². The van der Waals surface area contributed by atoms with Gasteiger partial charge in [0.1, 0.15) is 0 Å². The smallest absolute Gasteiger partial charge is 0.0642 e. The Morgan fingerprint density at radius 3 is 2.92 bits per heavy atom. The molecule has 0 amide bonds. The van der Waals surface area contributed by atoms with E-state index in [2.05, 4.69) is 25.7 Å². The van der Waals surface area contributed by atoms with E-state index in [1.54, 1.807) is 0 Å². The first-order chi connectivity index (χ1) is 9.33. The van der Waals surface area contributed by atoms with Gasteiger partial charge < -0.3 is 9.64 Å². The predicted molar refractivity (Wildman–Crippen MR) is 55.0 cm³/mol. The molecule has 13 heavy (non-hydrogen) atoms. The van der Waals surface area contributed by atoms with Gasteiger partial charge in [-0.1, -0.05) is 0 Å². The minimum atomic E-state index is -3.07. The second-order valence-electron chi connectivity index (χ2n) is 2.23. The molecule has 1 saturated heterocycles. The Morgan fingerprint density at radius 1 is 1.46 bits per heavy atom. The van der Waals surface area contributed by atoms with Crippen molar-refractivity contribution in [2.75, 3.05) is 31.0 Å². The fraction of sp³-hybridized carbons (Fsp3) is 0.444. The van der Waals surface area contributed by atoms with Crippen molar-refractivity contribution in [3.8, 4) is 0 Å². The van der Waals surface area contributed by atoms with E-state index in [1.807, 2.05) is 0 Å². The average molecular weight is 251 g/mol. The van der Waals surface area contributed by atoms with Gasteiger partial charge in [0.15, 0.2) is 0 Å². The lowest BCUT2D eigenvalue weighted by Crippen LogP contribution is -2.36. The van der Waals surface area contributed by atoms with Crippen molar-refractivity contribution in [1.29, 1.82) is 0 Å². The zero-order valence-electron chi connectivity index (χ0n) is 14.4. The van der Waals surface area contributed by atoms with E-state index in [1.165, 1.54) is 12.3 Å². The van der Waals surface area contributed by atoms with Crippen LogP contribution >= 0.6 is 15.9 Å². The molecule has 1 fully saturated rings. The third-order valence-electron chi connectivity index (χ3n) is 1.37. The molecule has 0 spiro atoms. The monoisotopic (exact) mass is 250 g/mol. The molecule has 4 heteroatoms. The molecule has 1 aliphatic rings. The Hall–Kier alpha value is -0.610. The van der Waals surface area contributed by atoms with Gasteiger partial charge >= 0.3 is 0 Å². The minimum Gasteiger partial charge on any atom is -0.378 e. The Labute approximate surface area is 97.1 Å². The third-order valence-corrected chi connectivity index (χ3v) is 1.80. The van der Waals surface area contributed by atoms with E-state index < -0.39 is 26.1 Å². The first-order valence-corrected chi connectivity index (χ1v) is 4.23. The molecular weight excluding hydrogens is 232 g/mol. The van der Waals surface area contributed by atoms with Crippen molar-refractivity contribution in [3.63, 3.8) is 0 Å². The van der Waals surface area contributed by atoms with Crippen molar-refractivity contribution < 1.29 is 15.7 Å².